The monoisotopic (exact) mass is 200 g/mol. The molecule has 0 aromatic heterocycles. The van der Waals surface area contributed by atoms with Gasteiger partial charge in [-0.25, -0.2) is 4.79 Å². The van der Waals surface area contributed by atoms with Crippen molar-refractivity contribution in [3.8, 4) is 0 Å². The first-order chi connectivity index (χ1) is 6.57. The summed E-state index contributed by atoms with van der Waals surface area (Å²) in [6, 6.07) is 0. The largest absolute Gasteiger partial charge is 0.479 e. The maximum Gasteiger partial charge on any atom is 0.332 e. The average Bonchev–Trinajstić information content (AvgIpc) is 2.15. The van der Waals surface area contributed by atoms with Gasteiger partial charge in [-0.15, -0.1) is 0 Å². The van der Waals surface area contributed by atoms with Crippen LogP contribution in [0.1, 0.15) is 45.4 Å². The van der Waals surface area contributed by atoms with Gasteiger partial charge in [0.1, 0.15) is 0 Å². The van der Waals surface area contributed by atoms with Crippen molar-refractivity contribution >= 4 is 5.97 Å². The van der Waals surface area contributed by atoms with E-state index in [2.05, 4.69) is 6.92 Å². The standard InChI is InChI=1S/C11H20O3/c1-11(6-4-3-5-7-11)8-9(14-2)10(12)13/h9H,3-8H2,1-2H3,(H,12,13). The van der Waals surface area contributed by atoms with Crippen LogP contribution < -0.4 is 0 Å². The third kappa shape index (κ3) is 2.98. The van der Waals surface area contributed by atoms with Crippen molar-refractivity contribution in [2.75, 3.05) is 7.11 Å². The number of rotatable bonds is 4. The molecule has 1 aliphatic rings. The first kappa shape index (κ1) is 11.5. The zero-order valence-electron chi connectivity index (χ0n) is 9.08. The van der Waals surface area contributed by atoms with Crippen molar-refractivity contribution < 1.29 is 14.6 Å². The number of carboxylic acid groups (broad SMARTS) is 1. The normalized spacial score (nSPS) is 23.0. The number of carbonyl (C=O) groups is 1. The highest BCUT2D eigenvalue weighted by atomic mass is 16.5. The molecule has 1 aliphatic carbocycles. The predicted molar refractivity (Wildman–Crippen MR) is 54.2 cm³/mol. The van der Waals surface area contributed by atoms with Crippen LogP contribution in [0.2, 0.25) is 0 Å². The molecular formula is C11H20O3. The van der Waals surface area contributed by atoms with E-state index in [0.29, 0.717) is 6.42 Å². The molecule has 1 fully saturated rings. The first-order valence-electron chi connectivity index (χ1n) is 5.33. The molecule has 0 aromatic carbocycles. The molecule has 3 heteroatoms. The van der Waals surface area contributed by atoms with E-state index in [0.717, 1.165) is 12.8 Å². The van der Waals surface area contributed by atoms with Gasteiger partial charge in [0.15, 0.2) is 6.10 Å². The third-order valence-electron chi connectivity index (χ3n) is 3.30. The summed E-state index contributed by atoms with van der Waals surface area (Å²) in [5.74, 6) is -0.834. The summed E-state index contributed by atoms with van der Waals surface area (Å²) in [5.41, 5.74) is 0.178. The Morgan fingerprint density at radius 2 is 2.00 bits per heavy atom. The van der Waals surface area contributed by atoms with Gasteiger partial charge in [0.25, 0.3) is 0 Å². The first-order valence-corrected chi connectivity index (χ1v) is 5.33. The van der Waals surface area contributed by atoms with E-state index in [9.17, 15) is 4.79 Å². The van der Waals surface area contributed by atoms with Crippen molar-refractivity contribution in [3.05, 3.63) is 0 Å². The lowest BCUT2D eigenvalue weighted by Gasteiger charge is -2.35. The Morgan fingerprint density at radius 3 is 2.43 bits per heavy atom. The average molecular weight is 200 g/mol. The highest BCUT2D eigenvalue weighted by Gasteiger charge is 2.32. The molecule has 1 unspecified atom stereocenters. The Hall–Kier alpha value is -0.570. The van der Waals surface area contributed by atoms with Crippen LogP contribution in [0.25, 0.3) is 0 Å². The van der Waals surface area contributed by atoms with Crippen molar-refractivity contribution in [2.45, 2.75) is 51.6 Å². The summed E-state index contributed by atoms with van der Waals surface area (Å²) in [4.78, 5) is 10.8. The second kappa shape index (κ2) is 4.78. The van der Waals surface area contributed by atoms with Crippen LogP contribution in [0.3, 0.4) is 0 Å². The molecule has 0 spiro atoms. The van der Waals surface area contributed by atoms with Gasteiger partial charge in [0.2, 0.25) is 0 Å². The van der Waals surface area contributed by atoms with Gasteiger partial charge in [0.05, 0.1) is 0 Å². The molecule has 1 saturated carbocycles. The van der Waals surface area contributed by atoms with Gasteiger partial charge in [-0.2, -0.15) is 0 Å². The van der Waals surface area contributed by atoms with Crippen LogP contribution in [0, 0.1) is 5.41 Å². The van der Waals surface area contributed by atoms with E-state index in [1.807, 2.05) is 0 Å². The maximum absolute atomic E-state index is 10.8. The number of aliphatic carboxylic acids is 1. The molecule has 0 amide bonds. The van der Waals surface area contributed by atoms with Gasteiger partial charge in [-0.3, -0.25) is 0 Å². The van der Waals surface area contributed by atoms with Gasteiger partial charge >= 0.3 is 5.97 Å². The minimum absolute atomic E-state index is 0.178. The minimum atomic E-state index is -0.834. The molecule has 3 nitrogen and oxygen atoms in total. The quantitative estimate of drug-likeness (QED) is 0.758. The van der Waals surface area contributed by atoms with E-state index in [1.165, 1.54) is 26.4 Å². The summed E-state index contributed by atoms with van der Waals surface area (Å²) >= 11 is 0. The Balaban J connectivity index is 2.50. The van der Waals surface area contributed by atoms with Crippen LogP contribution in [0.4, 0.5) is 0 Å². The molecule has 1 atom stereocenters. The Kier molecular flexibility index (Phi) is 3.93. The summed E-state index contributed by atoms with van der Waals surface area (Å²) < 4.78 is 4.98. The second-order valence-corrected chi connectivity index (χ2v) is 4.64. The molecule has 0 radical (unpaired) electrons. The highest BCUT2D eigenvalue weighted by molar-refractivity contribution is 5.72. The number of methoxy groups -OCH3 is 1. The zero-order valence-corrected chi connectivity index (χ0v) is 9.08. The molecule has 1 rings (SSSR count). The van der Waals surface area contributed by atoms with E-state index in [-0.39, 0.29) is 5.41 Å². The fourth-order valence-electron chi connectivity index (χ4n) is 2.33. The Labute approximate surface area is 85.5 Å². The SMILES string of the molecule is COC(CC1(C)CCCCC1)C(=O)O. The van der Waals surface area contributed by atoms with Crippen LogP contribution in [0.5, 0.6) is 0 Å². The molecule has 0 aromatic rings. The van der Waals surface area contributed by atoms with Gasteiger partial charge in [0, 0.05) is 7.11 Å². The van der Waals surface area contributed by atoms with E-state index in [1.54, 1.807) is 0 Å². The number of carboxylic acids is 1. The van der Waals surface area contributed by atoms with Crippen LogP contribution in [-0.2, 0) is 9.53 Å². The number of hydrogen-bond donors (Lipinski definition) is 1. The third-order valence-corrected chi connectivity index (χ3v) is 3.30. The highest BCUT2D eigenvalue weighted by Crippen LogP contribution is 2.39. The molecule has 0 heterocycles. The Morgan fingerprint density at radius 1 is 1.43 bits per heavy atom. The number of ether oxygens (including phenoxy) is 1. The molecular weight excluding hydrogens is 180 g/mol. The topological polar surface area (TPSA) is 46.5 Å². The molecule has 0 aliphatic heterocycles. The van der Waals surface area contributed by atoms with Crippen molar-refractivity contribution in [2.24, 2.45) is 5.41 Å². The summed E-state index contributed by atoms with van der Waals surface area (Å²) in [5, 5.41) is 8.89. The molecule has 0 saturated heterocycles. The van der Waals surface area contributed by atoms with Crippen LogP contribution in [0.15, 0.2) is 0 Å². The van der Waals surface area contributed by atoms with Crippen molar-refractivity contribution in [3.63, 3.8) is 0 Å². The zero-order chi connectivity index (χ0) is 10.6. The molecule has 0 bridgehead atoms. The van der Waals surface area contributed by atoms with E-state index >= 15 is 0 Å². The smallest absolute Gasteiger partial charge is 0.332 e. The van der Waals surface area contributed by atoms with Gasteiger partial charge < -0.3 is 9.84 Å². The lowest BCUT2D eigenvalue weighted by Crippen LogP contribution is -2.32. The van der Waals surface area contributed by atoms with Crippen LogP contribution >= 0.6 is 0 Å². The number of hydrogen-bond acceptors (Lipinski definition) is 2. The fraction of sp³-hybridized carbons (Fsp3) is 0.909. The van der Waals surface area contributed by atoms with E-state index < -0.39 is 12.1 Å². The van der Waals surface area contributed by atoms with Crippen LogP contribution in [-0.4, -0.2) is 24.3 Å². The maximum atomic E-state index is 10.8. The lowest BCUT2D eigenvalue weighted by molar-refractivity contribution is -0.150. The lowest BCUT2D eigenvalue weighted by atomic mass is 9.72. The fourth-order valence-corrected chi connectivity index (χ4v) is 2.33. The summed E-state index contributed by atoms with van der Waals surface area (Å²) in [6.07, 6.45) is 6.05. The minimum Gasteiger partial charge on any atom is -0.479 e. The summed E-state index contributed by atoms with van der Waals surface area (Å²) in [6.45, 7) is 2.18. The molecule has 1 N–H and O–H groups in total. The summed E-state index contributed by atoms with van der Waals surface area (Å²) in [7, 11) is 1.48. The van der Waals surface area contributed by atoms with Crippen molar-refractivity contribution in [1.29, 1.82) is 0 Å². The van der Waals surface area contributed by atoms with Gasteiger partial charge in [-0.05, 0) is 24.7 Å². The van der Waals surface area contributed by atoms with Gasteiger partial charge in [-0.1, -0.05) is 26.2 Å². The predicted octanol–water partition coefficient (Wildman–Crippen LogP) is 2.45. The molecule has 82 valence electrons. The van der Waals surface area contributed by atoms with E-state index in [4.69, 9.17) is 9.84 Å². The van der Waals surface area contributed by atoms with Crippen molar-refractivity contribution in [1.82, 2.24) is 0 Å². The Bertz CT molecular complexity index is 195. The molecule has 14 heavy (non-hydrogen) atoms. The second-order valence-electron chi connectivity index (χ2n) is 4.64.